The third kappa shape index (κ3) is 2.41. The van der Waals surface area contributed by atoms with Crippen LogP contribution in [0.1, 0.15) is 29.5 Å². The van der Waals surface area contributed by atoms with E-state index >= 15 is 0 Å². The summed E-state index contributed by atoms with van der Waals surface area (Å²) in [5, 5.41) is 5.13. The van der Waals surface area contributed by atoms with Gasteiger partial charge in [-0.2, -0.15) is 0 Å². The summed E-state index contributed by atoms with van der Waals surface area (Å²) in [6.07, 6.45) is 5.54. The average molecular weight is 346 g/mol. The van der Waals surface area contributed by atoms with Gasteiger partial charge in [-0.1, -0.05) is 47.5 Å². The van der Waals surface area contributed by atoms with Crippen molar-refractivity contribution in [2.75, 3.05) is 12.4 Å². The Kier molecular flexibility index (Phi) is 3.74. The summed E-state index contributed by atoms with van der Waals surface area (Å²) in [7, 11) is 1.69. The van der Waals surface area contributed by atoms with Gasteiger partial charge in [0.1, 0.15) is 5.75 Å². The molecule has 1 heterocycles. The van der Waals surface area contributed by atoms with Gasteiger partial charge in [-0.15, -0.1) is 0 Å². The van der Waals surface area contributed by atoms with Crippen molar-refractivity contribution in [1.82, 2.24) is 0 Å². The van der Waals surface area contributed by atoms with Crippen molar-refractivity contribution in [3.05, 3.63) is 69.7 Å². The van der Waals surface area contributed by atoms with Crippen LogP contribution in [0.4, 0.5) is 5.69 Å². The van der Waals surface area contributed by atoms with Gasteiger partial charge < -0.3 is 10.1 Å². The van der Waals surface area contributed by atoms with Gasteiger partial charge in [0, 0.05) is 16.5 Å². The molecule has 0 unspecified atom stereocenters. The van der Waals surface area contributed by atoms with Crippen LogP contribution in [0.25, 0.3) is 0 Å². The molecule has 2 aliphatic rings. The molecule has 1 aliphatic carbocycles. The Morgan fingerprint density at radius 3 is 2.78 bits per heavy atom. The summed E-state index contributed by atoms with van der Waals surface area (Å²) < 4.78 is 5.38. The molecule has 2 nitrogen and oxygen atoms in total. The smallest absolute Gasteiger partial charge is 0.119 e. The molecule has 0 radical (unpaired) electrons. The van der Waals surface area contributed by atoms with Crippen LogP contribution in [0.5, 0.6) is 5.75 Å². The third-order valence-electron chi connectivity index (χ3n) is 4.87. The first-order chi connectivity index (χ1) is 11.2. The molecule has 0 spiro atoms. The Hall–Kier alpha value is -1.64. The summed E-state index contributed by atoms with van der Waals surface area (Å²) in [5.41, 5.74) is 3.29. The predicted molar refractivity (Wildman–Crippen MR) is 95.8 cm³/mol. The number of hydrogen-bond donors (Lipinski definition) is 1. The van der Waals surface area contributed by atoms with Crippen molar-refractivity contribution < 1.29 is 4.74 Å². The monoisotopic (exact) mass is 345 g/mol. The third-order valence-corrected chi connectivity index (χ3v) is 5.51. The first kappa shape index (κ1) is 14.9. The lowest BCUT2D eigenvalue weighted by Gasteiger charge is -2.38. The van der Waals surface area contributed by atoms with Gasteiger partial charge >= 0.3 is 0 Å². The van der Waals surface area contributed by atoms with Crippen LogP contribution >= 0.6 is 23.2 Å². The molecule has 2 aromatic rings. The summed E-state index contributed by atoms with van der Waals surface area (Å²) in [6.45, 7) is 0. The number of anilines is 1. The number of allylic oxidation sites excluding steroid dienone is 2. The Bertz CT molecular complexity index is 787. The fraction of sp³-hybridized carbons (Fsp3) is 0.263. The van der Waals surface area contributed by atoms with E-state index in [1.165, 1.54) is 5.56 Å². The molecule has 1 N–H and O–H groups in total. The van der Waals surface area contributed by atoms with Crippen LogP contribution in [-0.2, 0) is 0 Å². The molecule has 0 fully saturated rings. The molecule has 4 rings (SSSR count). The van der Waals surface area contributed by atoms with Crippen molar-refractivity contribution in [2.24, 2.45) is 5.92 Å². The number of benzene rings is 2. The van der Waals surface area contributed by atoms with Gasteiger partial charge in [-0.05, 0) is 42.2 Å². The van der Waals surface area contributed by atoms with Crippen molar-refractivity contribution in [3.63, 3.8) is 0 Å². The number of ether oxygens (including phenoxy) is 1. The minimum atomic E-state index is 0.188. The molecule has 0 saturated carbocycles. The highest BCUT2D eigenvalue weighted by molar-refractivity contribution is 6.36. The first-order valence-electron chi connectivity index (χ1n) is 7.74. The number of fused-ring (bicyclic) bond motifs is 3. The molecule has 0 bridgehead atoms. The summed E-state index contributed by atoms with van der Waals surface area (Å²) in [4.78, 5) is 0. The van der Waals surface area contributed by atoms with Crippen molar-refractivity contribution in [3.8, 4) is 5.75 Å². The van der Waals surface area contributed by atoms with Crippen LogP contribution in [0.2, 0.25) is 10.0 Å². The molecule has 2 aromatic carbocycles. The quantitative estimate of drug-likeness (QED) is 0.691. The van der Waals surface area contributed by atoms with E-state index in [2.05, 4.69) is 29.6 Å². The largest absolute Gasteiger partial charge is 0.497 e. The fourth-order valence-electron chi connectivity index (χ4n) is 3.79. The number of rotatable bonds is 2. The van der Waals surface area contributed by atoms with Crippen molar-refractivity contribution in [2.45, 2.75) is 18.4 Å². The van der Waals surface area contributed by atoms with Crippen LogP contribution in [0.3, 0.4) is 0 Å². The summed E-state index contributed by atoms with van der Waals surface area (Å²) in [5.74, 6) is 1.61. The molecule has 4 heteroatoms. The lowest BCUT2D eigenvalue weighted by atomic mass is 9.77. The highest BCUT2D eigenvalue weighted by Crippen LogP contribution is 2.53. The zero-order chi connectivity index (χ0) is 16.0. The summed E-state index contributed by atoms with van der Waals surface area (Å²) >= 11 is 12.9. The normalized spacial score (nSPS) is 24.7. The van der Waals surface area contributed by atoms with Crippen LogP contribution < -0.4 is 10.1 Å². The van der Waals surface area contributed by atoms with E-state index in [-0.39, 0.29) is 6.04 Å². The van der Waals surface area contributed by atoms with E-state index in [1.54, 1.807) is 7.11 Å². The van der Waals surface area contributed by atoms with E-state index in [9.17, 15) is 0 Å². The SMILES string of the molecule is COc1cccc([C@@H]2Nc3c(Cl)ccc(Cl)c3[C@@H]3C=CC[C@H]32)c1. The zero-order valence-electron chi connectivity index (χ0n) is 12.7. The minimum Gasteiger partial charge on any atom is -0.497 e. The molecular formula is C19H17Cl2NO. The van der Waals surface area contributed by atoms with E-state index in [1.807, 2.05) is 24.3 Å². The lowest BCUT2D eigenvalue weighted by molar-refractivity contribution is 0.406. The van der Waals surface area contributed by atoms with Crippen LogP contribution in [0, 0.1) is 5.92 Å². The number of methoxy groups -OCH3 is 1. The zero-order valence-corrected chi connectivity index (χ0v) is 14.2. The maximum Gasteiger partial charge on any atom is 0.119 e. The molecule has 0 amide bonds. The Morgan fingerprint density at radius 2 is 1.96 bits per heavy atom. The minimum absolute atomic E-state index is 0.188. The highest BCUT2D eigenvalue weighted by Gasteiger charge is 2.39. The Balaban J connectivity index is 1.83. The van der Waals surface area contributed by atoms with Gasteiger partial charge in [0.05, 0.1) is 23.9 Å². The maximum absolute atomic E-state index is 6.47. The van der Waals surface area contributed by atoms with E-state index in [4.69, 9.17) is 27.9 Å². The molecular weight excluding hydrogens is 329 g/mol. The van der Waals surface area contributed by atoms with Crippen molar-refractivity contribution in [1.29, 1.82) is 0 Å². The standard InChI is InChI=1S/C19H17Cl2NO/c1-23-12-5-2-4-11(10-12)18-14-7-3-6-13(14)17-15(20)8-9-16(21)19(17)22-18/h2-6,8-10,13-14,18,22H,7H2,1H3/t13-,14-,18+/m1/s1. The van der Waals surface area contributed by atoms with Gasteiger partial charge in [0.25, 0.3) is 0 Å². The highest BCUT2D eigenvalue weighted by atomic mass is 35.5. The molecule has 23 heavy (non-hydrogen) atoms. The second kappa shape index (κ2) is 5.77. The average Bonchev–Trinajstić information content (AvgIpc) is 3.06. The lowest BCUT2D eigenvalue weighted by Crippen LogP contribution is -2.29. The number of nitrogens with one attached hydrogen (secondary N) is 1. The van der Waals surface area contributed by atoms with Crippen LogP contribution in [0.15, 0.2) is 48.6 Å². The first-order valence-corrected chi connectivity index (χ1v) is 8.49. The van der Waals surface area contributed by atoms with Gasteiger partial charge in [0.2, 0.25) is 0 Å². The Labute approximate surface area is 146 Å². The topological polar surface area (TPSA) is 21.3 Å². The van der Waals surface area contributed by atoms with Gasteiger partial charge in [0.15, 0.2) is 0 Å². The second-order valence-corrected chi connectivity index (χ2v) is 6.88. The van der Waals surface area contributed by atoms with E-state index in [0.29, 0.717) is 11.8 Å². The van der Waals surface area contributed by atoms with E-state index in [0.717, 1.165) is 33.5 Å². The number of halogens is 2. The molecule has 118 valence electrons. The van der Waals surface area contributed by atoms with Crippen LogP contribution in [-0.4, -0.2) is 7.11 Å². The fourth-order valence-corrected chi connectivity index (χ4v) is 4.30. The van der Waals surface area contributed by atoms with E-state index < -0.39 is 0 Å². The molecule has 0 aromatic heterocycles. The predicted octanol–water partition coefficient (Wildman–Crippen LogP) is 5.83. The summed E-state index contributed by atoms with van der Waals surface area (Å²) in [6, 6.07) is 12.2. The molecule has 1 aliphatic heterocycles. The van der Waals surface area contributed by atoms with Gasteiger partial charge in [-0.3, -0.25) is 0 Å². The molecule has 3 atom stereocenters. The van der Waals surface area contributed by atoms with Crippen molar-refractivity contribution >= 4 is 28.9 Å². The number of hydrogen-bond acceptors (Lipinski definition) is 2. The molecule has 0 saturated heterocycles. The maximum atomic E-state index is 6.47. The second-order valence-electron chi connectivity index (χ2n) is 6.07. The Morgan fingerprint density at radius 1 is 1.13 bits per heavy atom. The van der Waals surface area contributed by atoms with Gasteiger partial charge in [-0.25, -0.2) is 0 Å².